The number of nitrogens with zero attached hydrogens (tertiary/aromatic N) is 1. The van der Waals surface area contributed by atoms with E-state index in [0.717, 1.165) is 36.1 Å². The minimum Gasteiger partial charge on any atom is -0.462 e. The Hall–Kier alpha value is -3.05. The molecule has 0 saturated carbocycles. The molecule has 34 heavy (non-hydrogen) atoms. The highest BCUT2D eigenvalue weighted by Gasteiger charge is 2.28. The Labute approximate surface area is 210 Å². The molecular weight excluding hydrogens is 495 g/mol. The van der Waals surface area contributed by atoms with Gasteiger partial charge in [0.15, 0.2) is 0 Å². The van der Waals surface area contributed by atoms with E-state index in [0.29, 0.717) is 31.9 Å². The zero-order valence-corrected chi connectivity index (χ0v) is 20.6. The first-order valence-electron chi connectivity index (χ1n) is 10.7. The van der Waals surface area contributed by atoms with E-state index >= 15 is 0 Å². The molecule has 6 nitrogen and oxygen atoms in total. The summed E-state index contributed by atoms with van der Waals surface area (Å²) < 4.78 is 11.0. The standard InChI is InChI=1S/C25H20Cl2N2O4S/c1-2-32-25(31)21-16-6-3-4-9-20(16)34-24(21)29-23(30)14(13-28)12-15-10-11-19(33-15)22-17(26)7-5-8-18(22)27/h5,7-8,10-12H,2-4,6,9H2,1H3,(H,29,30)/b14-12+. The number of thiophene rings is 1. The Kier molecular flexibility index (Phi) is 7.42. The first-order chi connectivity index (χ1) is 16.4. The van der Waals surface area contributed by atoms with Crippen molar-refractivity contribution in [3.05, 3.63) is 67.7 Å². The van der Waals surface area contributed by atoms with Gasteiger partial charge in [-0.05, 0) is 62.4 Å². The summed E-state index contributed by atoms with van der Waals surface area (Å²) in [6, 6.07) is 10.3. The van der Waals surface area contributed by atoms with Crippen LogP contribution < -0.4 is 5.32 Å². The van der Waals surface area contributed by atoms with Crippen LogP contribution in [0, 0.1) is 11.3 Å². The molecule has 174 valence electrons. The number of esters is 1. The van der Waals surface area contributed by atoms with Crippen molar-refractivity contribution in [1.29, 1.82) is 5.26 Å². The average Bonchev–Trinajstić information content (AvgIpc) is 3.41. The fourth-order valence-electron chi connectivity index (χ4n) is 3.83. The second-order valence-electron chi connectivity index (χ2n) is 7.56. The fourth-order valence-corrected chi connectivity index (χ4v) is 5.69. The molecule has 1 amide bonds. The van der Waals surface area contributed by atoms with Crippen LogP contribution in [0.1, 0.15) is 46.3 Å². The predicted octanol–water partition coefficient (Wildman–Crippen LogP) is 6.92. The van der Waals surface area contributed by atoms with Gasteiger partial charge in [-0.2, -0.15) is 5.26 Å². The lowest BCUT2D eigenvalue weighted by molar-refractivity contribution is -0.112. The van der Waals surface area contributed by atoms with E-state index in [-0.39, 0.29) is 17.9 Å². The Morgan fingerprint density at radius 3 is 2.65 bits per heavy atom. The lowest BCUT2D eigenvalue weighted by atomic mass is 9.95. The minimum absolute atomic E-state index is 0.174. The first-order valence-corrected chi connectivity index (χ1v) is 12.3. The van der Waals surface area contributed by atoms with Gasteiger partial charge in [-0.15, -0.1) is 11.3 Å². The summed E-state index contributed by atoms with van der Waals surface area (Å²) in [6.07, 6.45) is 4.95. The fraction of sp³-hybridized carbons (Fsp3) is 0.240. The number of hydrogen-bond acceptors (Lipinski definition) is 6. The zero-order valence-electron chi connectivity index (χ0n) is 18.2. The number of aryl methyl sites for hydroxylation is 1. The van der Waals surface area contributed by atoms with Crippen molar-refractivity contribution in [1.82, 2.24) is 0 Å². The molecule has 0 unspecified atom stereocenters. The maximum atomic E-state index is 12.9. The van der Waals surface area contributed by atoms with Crippen LogP contribution in [0.25, 0.3) is 17.4 Å². The maximum Gasteiger partial charge on any atom is 0.341 e. The number of amides is 1. The van der Waals surface area contributed by atoms with E-state index in [2.05, 4.69) is 5.32 Å². The zero-order chi connectivity index (χ0) is 24.2. The van der Waals surface area contributed by atoms with Crippen LogP contribution in [0.4, 0.5) is 5.00 Å². The molecule has 0 fully saturated rings. The van der Waals surface area contributed by atoms with Gasteiger partial charge in [0.1, 0.15) is 28.2 Å². The molecular formula is C25H20Cl2N2O4S. The molecule has 0 spiro atoms. The van der Waals surface area contributed by atoms with Crippen molar-refractivity contribution in [2.75, 3.05) is 11.9 Å². The van der Waals surface area contributed by atoms with Gasteiger partial charge < -0.3 is 14.5 Å². The number of carbonyl (C=O) groups is 2. The number of halogens is 2. The maximum absolute atomic E-state index is 12.9. The van der Waals surface area contributed by atoms with Crippen LogP contribution in [0.15, 0.2) is 40.3 Å². The van der Waals surface area contributed by atoms with E-state index < -0.39 is 11.9 Å². The van der Waals surface area contributed by atoms with Gasteiger partial charge >= 0.3 is 5.97 Å². The molecule has 2 aromatic heterocycles. The van der Waals surface area contributed by atoms with Crippen LogP contribution in [0.5, 0.6) is 0 Å². The van der Waals surface area contributed by atoms with Gasteiger partial charge in [0.25, 0.3) is 5.91 Å². The molecule has 0 aliphatic heterocycles. The number of carbonyl (C=O) groups excluding carboxylic acids is 2. The SMILES string of the molecule is CCOC(=O)c1c(NC(=O)/C(C#N)=C/c2ccc(-c3c(Cl)cccc3Cl)o2)sc2c1CCCC2. The van der Waals surface area contributed by atoms with Gasteiger partial charge in [0, 0.05) is 11.0 Å². The first kappa shape index (κ1) is 24.1. The number of benzene rings is 1. The van der Waals surface area contributed by atoms with Crippen molar-refractivity contribution < 1.29 is 18.7 Å². The Balaban J connectivity index is 1.61. The normalized spacial score (nSPS) is 13.2. The summed E-state index contributed by atoms with van der Waals surface area (Å²) in [6.45, 7) is 1.97. The van der Waals surface area contributed by atoms with Gasteiger partial charge in [0.2, 0.25) is 0 Å². The number of nitrogens with one attached hydrogen (secondary N) is 1. The van der Waals surface area contributed by atoms with E-state index in [9.17, 15) is 14.9 Å². The summed E-state index contributed by atoms with van der Waals surface area (Å²) in [5, 5.41) is 13.6. The largest absolute Gasteiger partial charge is 0.462 e. The summed E-state index contributed by atoms with van der Waals surface area (Å²) in [5.74, 6) is -0.406. The number of anilines is 1. The molecule has 2 heterocycles. The monoisotopic (exact) mass is 514 g/mol. The Morgan fingerprint density at radius 2 is 1.94 bits per heavy atom. The third kappa shape index (κ3) is 4.90. The molecule has 9 heteroatoms. The molecule has 0 atom stereocenters. The summed E-state index contributed by atoms with van der Waals surface area (Å²) in [5.41, 5.74) is 1.67. The predicted molar refractivity (Wildman–Crippen MR) is 133 cm³/mol. The number of fused-ring (bicyclic) bond motifs is 1. The molecule has 1 aromatic carbocycles. The van der Waals surface area contributed by atoms with Crippen LogP contribution in [0.3, 0.4) is 0 Å². The summed E-state index contributed by atoms with van der Waals surface area (Å²) in [4.78, 5) is 26.6. The number of ether oxygens (including phenoxy) is 1. The van der Waals surface area contributed by atoms with E-state index in [1.807, 2.05) is 6.07 Å². The number of rotatable bonds is 6. The van der Waals surface area contributed by atoms with E-state index in [1.54, 1.807) is 37.3 Å². The van der Waals surface area contributed by atoms with Crippen molar-refractivity contribution in [3.8, 4) is 17.4 Å². The second kappa shape index (κ2) is 10.5. The molecule has 4 rings (SSSR count). The highest BCUT2D eigenvalue weighted by atomic mass is 35.5. The van der Waals surface area contributed by atoms with Crippen molar-refractivity contribution in [2.24, 2.45) is 0 Å². The summed E-state index contributed by atoms with van der Waals surface area (Å²) in [7, 11) is 0. The van der Waals surface area contributed by atoms with Crippen LogP contribution in [0.2, 0.25) is 10.0 Å². The van der Waals surface area contributed by atoms with Crippen molar-refractivity contribution in [3.63, 3.8) is 0 Å². The number of nitriles is 1. The highest BCUT2D eigenvalue weighted by Crippen LogP contribution is 2.39. The third-order valence-corrected chi connectivity index (χ3v) is 7.20. The van der Waals surface area contributed by atoms with Crippen molar-refractivity contribution in [2.45, 2.75) is 32.6 Å². The average molecular weight is 515 g/mol. The van der Waals surface area contributed by atoms with Crippen LogP contribution in [-0.2, 0) is 22.4 Å². The quantitative estimate of drug-likeness (QED) is 0.219. The Morgan fingerprint density at radius 1 is 1.21 bits per heavy atom. The minimum atomic E-state index is -0.639. The highest BCUT2D eigenvalue weighted by molar-refractivity contribution is 7.17. The molecule has 0 radical (unpaired) electrons. The smallest absolute Gasteiger partial charge is 0.341 e. The van der Waals surface area contributed by atoms with Crippen LogP contribution >= 0.6 is 34.5 Å². The second-order valence-corrected chi connectivity index (χ2v) is 9.48. The van der Waals surface area contributed by atoms with Gasteiger partial charge in [-0.1, -0.05) is 29.3 Å². The molecule has 0 bridgehead atoms. The number of hydrogen-bond donors (Lipinski definition) is 1. The van der Waals surface area contributed by atoms with Gasteiger partial charge in [-0.3, -0.25) is 4.79 Å². The van der Waals surface area contributed by atoms with Gasteiger partial charge in [0.05, 0.1) is 27.8 Å². The van der Waals surface area contributed by atoms with Crippen molar-refractivity contribution >= 4 is 57.5 Å². The molecule has 0 saturated heterocycles. The number of furan rings is 1. The lowest BCUT2D eigenvalue weighted by Gasteiger charge is -2.12. The molecule has 3 aromatic rings. The molecule has 1 aliphatic rings. The topological polar surface area (TPSA) is 92.3 Å². The molecule has 1 N–H and O–H groups in total. The lowest BCUT2D eigenvalue weighted by Crippen LogP contribution is -2.16. The molecule has 1 aliphatic carbocycles. The third-order valence-electron chi connectivity index (χ3n) is 5.37. The Bertz CT molecular complexity index is 1310. The van der Waals surface area contributed by atoms with Crippen LogP contribution in [-0.4, -0.2) is 18.5 Å². The van der Waals surface area contributed by atoms with E-state index in [1.165, 1.54) is 17.4 Å². The van der Waals surface area contributed by atoms with E-state index in [4.69, 9.17) is 32.4 Å². The summed E-state index contributed by atoms with van der Waals surface area (Å²) >= 11 is 13.8. The van der Waals surface area contributed by atoms with Gasteiger partial charge in [-0.25, -0.2) is 4.79 Å².